The van der Waals surface area contributed by atoms with Crippen LogP contribution in [0.3, 0.4) is 0 Å². The van der Waals surface area contributed by atoms with E-state index in [0.717, 1.165) is 42.6 Å². The van der Waals surface area contributed by atoms with E-state index < -0.39 is 0 Å². The minimum Gasteiger partial charge on any atom is -0.496 e. The predicted octanol–water partition coefficient (Wildman–Crippen LogP) is 6.14. The van der Waals surface area contributed by atoms with Gasteiger partial charge in [-0.2, -0.15) is 0 Å². The highest BCUT2D eigenvalue weighted by atomic mass is 79.9. The summed E-state index contributed by atoms with van der Waals surface area (Å²) >= 11 is 6.95. The molecular weight excluding hydrogens is 418 g/mol. The Morgan fingerprint density at radius 1 is 0.696 bits per heavy atom. The van der Waals surface area contributed by atoms with Crippen molar-refractivity contribution < 1.29 is 4.74 Å². The molecular formula is C19H15Br2NO. The van der Waals surface area contributed by atoms with E-state index in [-0.39, 0.29) is 0 Å². The quantitative estimate of drug-likeness (QED) is 0.504. The molecule has 0 unspecified atom stereocenters. The van der Waals surface area contributed by atoms with Gasteiger partial charge in [0, 0.05) is 25.8 Å². The van der Waals surface area contributed by atoms with Gasteiger partial charge in [-0.25, -0.2) is 0 Å². The molecule has 3 aromatic rings. The van der Waals surface area contributed by atoms with Crippen molar-refractivity contribution >= 4 is 37.5 Å². The van der Waals surface area contributed by atoms with Gasteiger partial charge in [0.15, 0.2) is 0 Å². The largest absolute Gasteiger partial charge is 0.496 e. The molecule has 0 aromatic heterocycles. The van der Waals surface area contributed by atoms with E-state index >= 15 is 0 Å². The number of ether oxygens (including phenoxy) is 1. The second-order valence-electron chi connectivity index (χ2n) is 5.12. The molecule has 0 heterocycles. The summed E-state index contributed by atoms with van der Waals surface area (Å²) in [5.41, 5.74) is 11.1. The number of nitrogens with two attached hydrogens (primary N) is 1. The van der Waals surface area contributed by atoms with Crippen LogP contribution in [0.4, 0.5) is 5.69 Å². The van der Waals surface area contributed by atoms with Crippen LogP contribution in [0.1, 0.15) is 0 Å². The van der Waals surface area contributed by atoms with E-state index in [0.29, 0.717) is 0 Å². The minimum atomic E-state index is 0.728. The summed E-state index contributed by atoms with van der Waals surface area (Å²) in [7, 11) is 1.68. The summed E-state index contributed by atoms with van der Waals surface area (Å²) in [6.07, 6.45) is 0. The number of halogens is 2. The first-order valence-electron chi connectivity index (χ1n) is 7.08. The second kappa shape index (κ2) is 6.77. The van der Waals surface area contributed by atoms with Crippen LogP contribution in [0.15, 0.2) is 69.6 Å². The van der Waals surface area contributed by atoms with Gasteiger partial charge in [-0.05, 0) is 47.5 Å². The van der Waals surface area contributed by atoms with Crippen molar-refractivity contribution in [3.8, 4) is 28.0 Å². The van der Waals surface area contributed by atoms with Gasteiger partial charge in [-0.3, -0.25) is 0 Å². The van der Waals surface area contributed by atoms with Gasteiger partial charge >= 0.3 is 0 Å². The zero-order valence-electron chi connectivity index (χ0n) is 12.5. The maximum absolute atomic E-state index is 6.31. The Hall–Kier alpha value is -1.78. The molecule has 0 aliphatic carbocycles. The lowest BCUT2D eigenvalue weighted by molar-refractivity contribution is 0.416. The smallest absolute Gasteiger partial charge is 0.127 e. The summed E-state index contributed by atoms with van der Waals surface area (Å²) in [6.45, 7) is 0. The zero-order chi connectivity index (χ0) is 16.4. The van der Waals surface area contributed by atoms with Crippen molar-refractivity contribution in [1.29, 1.82) is 0 Å². The number of hydrogen-bond donors (Lipinski definition) is 1. The highest BCUT2D eigenvalue weighted by Gasteiger charge is 2.16. The van der Waals surface area contributed by atoms with Crippen molar-refractivity contribution in [2.24, 2.45) is 0 Å². The average molecular weight is 433 g/mol. The lowest BCUT2D eigenvalue weighted by Crippen LogP contribution is -1.97. The molecule has 0 fully saturated rings. The first-order valence-corrected chi connectivity index (χ1v) is 8.67. The molecule has 0 aliphatic heterocycles. The number of rotatable bonds is 3. The molecule has 2 N–H and O–H groups in total. The molecule has 0 atom stereocenters. The summed E-state index contributed by atoms with van der Waals surface area (Å²) in [5.74, 6) is 0.805. The van der Waals surface area contributed by atoms with Gasteiger partial charge in [0.05, 0.1) is 7.11 Å². The van der Waals surface area contributed by atoms with Crippen molar-refractivity contribution in [2.75, 3.05) is 12.8 Å². The number of anilines is 1. The van der Waals surface area contributed by atoms with Gasteiger partial charge in [0.25, 0.3) is 0 Å². The average Bonchev–Trinajstić information content (AvgIpc) is 2.56. The Bertz CT molecular complexity index is 827. The van der Waals surface area contributed by atoms with Gasteiger partial charge in [0.2, 0.25) is 0 Å². The first kappa shape index (κ1) is 16.1. The Morgan fingerprint density at radius 3 is 1.65 bits per heavy atom. The summed E-state index contributed by atoms with van der Waals surface area (Å²) in [4.78, 5) is 0. The molecule has 0 saturated carbocycles. The number of methoxy groups -OCH3 is 1. The fraction of sp³-hybridized carbons (Fsp3) is 0.0526. The van der Waals surface area contributed by atoms with Crippen molar-refractivity contribution in [3.63, 3.8) is 0 Å². The number of benzene rings is 3. The monoisotopic (exact) mass is 431 g/mol. The van der Waals surface area contributed by atoms with Crippen LogP contribution in [0.2, 0.25) is 0 Å². The van der Waals surface area contributed by atoms with Gasteiger partial charge in [-0.15, -0.1) is 0 Å². The fourth-order valence-corrected chi connectivity index (χ4v) is 3.13. The first-order chi connectivity index (χ1) is 11.1. The number of hydrogen-bond acceptors (Lipinski definition) is 2. The van der Waals surface area contributed by atoms with Crippen LogP contribution in [0.5, 0.6) is 5.75 Å². The topological polar surface area (TPSA) is 35.2 Å². The summed E-state index contributed by atoms with van der Waals surface area (Å²) in [6, 6.07) is 20.1. The third kappa shape index (κ3) is 3.28. The van der Waals surface area contributed by atoms with Crippen LogP contribution >= 0.6 is 31.9 Å². The van der Waals surface area contributed by atoms with E-state index in [1.54, 1.807) is 7.11 Å². The molecule has 2 nitrogen and oxygen atoms in total. The molecule has 0 aliphatic rings. The fourth-order valence-electron chi connectivity index (χ4n) is 2.60. The molecule has 0 saturated heterocycles. The second-order valence-corrected chi connectivity index (χ2v) is 6.95. The molecule has 0 bridgehead atoms. The zero-order valence-corrected chi connectivity index (χ0v) is 15.7. The standard InChI is InChI=1S/C19H15Br2NO/c1-23-17-11-10-16(22)18(12-2-6-14(20)7-3-12)19(17)13-4-8-15(21)9-5-13/h2-11H,22H2,1H3. The van der Waals surface area contributed by atoms with E-state index in [2.05, 4.69) is 56.1 Å². The Balaban J connectivity index is 2.29. The molecule has 116 valence electrons. The summed E-state index contributed by atoms with van der Waals surface area (Å²) < 4.78 is 7.67. The molecule has 3 rings (SSSR count). The Morgan fingerprint density at radius 2 is 1.17 bits per heavy atom. The molecule has 4 heteroatoms. The van der Waals surface area contributed by atoms with Crippen molar-refractivity contribution in [1.82, 2.24) is 0 Å². The third-order valence-electron chi connectivity index (χ3n) is 3.69. The Labute approximate surface area is 152 Å². The third-order valence-corrected chi connectivity index (χ3v) is 4.74. The normalized spacial score (nSPS) is 10.6. The highest BCUT2D eigenvalue weighted by Crippen LogP contribution is 2.43. The van der Waals surface area contributed by atoms with Crippen LogP contribution in [-0.4, -0.2) is 7.11 Å². The maximum atomic E-state index is 6.31. The molecule has 0 radical (unpaired) electrons. The van der Waals surface area contributed by atoms with E-state index in [1.807, 2.05) is 36.4 Å². The van der Waals surface area contributed by atoms with Gasteiger partial charge in [-0.1, -0.05) is 56.1 Å². The predicted molar refractivity (Wildman–Crippen MR) is 104 cm³/mol. The van der Waals surface area contributed by atoms with E-state index in [4.69, 9.17) is 10.5 Å². The van der Waals surface area contributed by atoms with Gasteiger partial charge in [0.1, 0.15) is 5.75 Å². The van der Waals surface area contributed by atoms with Crippen LogP contribution < -0.4 is 10.5 Å². The highest BCUT2D eigenvalue weighted by molar-refractivity contribution is 9.10. The lowest BCUT2D eigenvalue weighted by atomic mass is 9.92. The van der Waals surface area contributed by atoms with Crippen LogP contribution in [-0.2, 0) is 0 Å². The minimum absolute atomic E-state index is 0.728. The molecule has 0 spiro atoms. The molecule has 3 aromatic carbocycles. The van der Waals surface area contributed by atoms with Gasteiger partial charge < -0.3 is 10.5 Å². The van der Waals surface area contributed by atoms with Crippen LogP contribution in [0, 0.1) is 0 Å². The number of nitrogen functional groups attached to an aromatic ring is 1. The van der Waals surface area contributed by atoms with Crippen molar-refractivity contribution in [3.05, 3.63) is 69.6 Å². The summed E-state index contributed by atoms with van der Waals surface area (Å²) in [5, 5.41) is 0. The van der Waals surface area contributed by atoms with E-state index in [1.165, 1.54) is 0 Å². The SMILES string of the molecule is COc1ccc(N)c(-c2ccc(Br)cc2)c1-c1ccc(Br)cc1. The Kier molecular flexibility index (Phi) is 4.74. The van der Waals surface area contributed by atoms with E-state index in [9.17, 15) is 0 Å². The molecule has 0 amide bonds. The maximum Gasteiger partial charge on any atom is 0.127 e. The lowest BCUT2D eigenvalue weighted by Gasteiger charge is -2.17. The molecule has 23 heavy (non-hydrogen) atoms. The van der Waals surface area contributed by atoms with Crippen LogP contribution in [0.25, 0.3) is 22.3 Å². The van der Waals surface area contributed by atoms with Crippen molar-refractivity contribution in [2.45, 2.75) is 0 Å².